The highest BCUT2D eigenvalue weighted by molar-refractivity contribution is 5.94. The van der Waals surface area contributed by atoms with Crippen LogP contribution in [0.4, 0.5) is 5.69 Å². The zero-order valence-electron chi connectivity index (χ0n) is 9.40. The Morgan fingerprint density at radius 2 is 2.00 bits per heavy atom. The van der Waals surface area contributed by atoms with Gasteiger partial charge in [-0.1, -0.05) is 0 Å². The molecule has 0 atom stereocenters. The molecule has 1 N–H and O–H groups in total. The summed E-state index contributed by atoms with van der Waals surface area (Å²) >= 11 is 0. The van der Waals surface area contributed by atoms with Gasteiger partial charge in [0, 0.05) is 5.69 Å². The maximum atomic E-state index is 11.3. The third kappa shape index (κ3) is 3.95. The van der Waals surface area contributed by atoms with Crippen molar-refractivity contribution in [3.63, 3.8) is 0 Å². The minimum atomic E-state index is -0.397. The number of esters is 1. The molecule has 17 heavy (non-hydrogen) atoms. The van der Waals surface area contributed by atoms with Gasteiger partial charge in [-0.3, -0.25) is 4.79 Å². The molecular formula is C12H12N2O3. The van der Waals surface area contributed by atoms with Crippen LogP contribution in [0.15, 0.2) is 24.3 Å². The number of rotatable bonds is 4. The van der Waals surface area contributed by atoms with E-state index in [-0.39, 0.29) is 12.5 Å². The van der Waals surface area contributed by atoms with E-state index in [2.05, 4.69) is 10.2 Å². The highest BCUT2D eigenvalue weighted by Crippen LogP contribution is 2.10. The number of anilines is 1. The highest BCUT2D eigenvalue weighted by Gasteiger charge is 2.07. The van der Waals surface area contributed by atoms with E-state index < -0.39 is 5.97 Å². The molecule has 5 nitrogen and oxygen atoms in total. The fourth-order valence-corrected chi connectivity index (χ4v) is 1.18. The van der Waals surface area contributed by atoms with Crippen LogP contribution < -0.4 is 5.32 Å². The number of nitrogens with one attached hydrogen (secondary N) is 1. The molecule has 0 aliphatic heterocycles. The number of amides is 1. The molecule has 5 heteroatoms. The second-order valence-electron chi connectivity index (χ2n) is 3.16. The monoisotopic (exact) mass is 232 g/mol. The first kappa shape index (κ1) is 12.7. The van der Waals surface area contributed by atoms with Gasteiger partial charge in [0.05, 0.1) is 12.2 Å². The Hall–Kier alpha value is -2.35. The third-order valence-corrected chi connectivity index (χ3v) is 1.90. The van der Waals surface area contributed by atoms with Crippen molar-refractivity contribution in [2.75, 3.05) is 18.5 Å². The SMILES string of the molecule is [C-]#[N+]CC(=O)Nc1ccc(C(=O)OCC)cc1. The van der Waals surface area contributed by atoms with Gasteiger partial charge in [-0.15, -0.1) is 0 Å². The molecular weight excluding hydrogens is 220 g/mol. The molecule has 0 spiro atoms. The summed E-state index contributed by atoms with van der Waals surface area (Å²) in [6.45, 7) is 8.38. The van der Waals surface area contributed by atoms with Crippen molar-refractivity contribution >= 4 is 17.6 Å². The standard InChI is InChI=1S/C12H12N2O3/c1-3-17-12(16)9-4-6-10(7-5-9)14-11(15)8-13-2/h4-7H,3,8H2,1H3,(H,14,15). The van der Waals surface area contributed by atoms with E-state index in [0.29, 0.717) is 17.9 Å². The second kappa shape index (κ2) is 6.28. The number of hydrogen-bond donors (Lipinski definition) is 1. The molecule has 1 rings (SSSR count). The molecule has 0 saturated heterocycles. The number of nitrogens with zero attached hydrogens (tertiary/aromatic N) is 1. The van der Waals surface area contributed by atoms with E-state index in [0.717, 1.165) is 0 Å². The van der Waals surface area contributed by atoms with Gasteiger partial charge in [-0.05, 0) is 31.2 Å². The Labute approximate surface area is 99.2 Å². The van der Waals surface area contributed by atoms with Crippen molar-refractivity contribution in [1.82, 2.24) is 0 Å². The highest BCUT2D eigenvalue weighted by atomic mass is 16.5. The number of benzene rings is 1. The second-order valence-corrected chi connectivity index (χ2v) is 3.16. The summed E-state index contributed by atoms with van der Waals surface area (Å²) in [5.74, 6) is -0.768. The fraction of sp³-hybridized carbons (Fsp3) is 0.250. The van der Waals surface area contributed by atoms with Crippen LogP contribution in [0.3, 0.4) is 0 Å². The number of carbonyl (C=O) groups is 2. The van der Waals surface area contributed by atoms with Crippen LogP contribution in [0.5, 0.6) is 0 Å². The molecule has 0 saturated carbocycles. The summed E-state index contributed by atoms with van der Waals surface area (Å²) in [5.41, 5.74) is 0.974. The molecule has 0 unspecified atom stereocenters. The summed E-state index contributed by atoms with van der Waals surface area (Å²) in [6.07, 6.45) is 0. The van der Waals surface area contributed by atoms with Crippen molar-refractivity contribution in [3.05, 3.63) is 41.2 Å². The third-order valence-electron chi connectivity index (χ3n) is 1.90. The zero-order valence-corrected chi connectivity index (χ0v) is 9.40. The predicted octanol–water partition coefficient (Wildman–Crippen LogP) is 1.72. The van der Waals surface area contributed by atoms with Crippen molar-refractivity contribution in [2.45, 2.75) is 6.92 Å². The minimum Gasteiger partial charge on any atom is -0.462 e. The van der Waals surface area contributed by atoms with Gasteiger partial charge in [0.2, 0.25) is 0 Å². The van der Waals surface area contributed by atoms with E-state index >= 15 is 0 Å². The summed E-state index contributed by atoms with van der Waals surface area (Å²) < 4.78 is 4.82. The van der Waals surface area contributed by atoms with Crippen LogP contribution in [0.1, 0.15) is 17.3 Å². The van der Waals surface area contributed by atoms with Crippen LogP contribution in [-0.4, -0.2) is 25.0 Å². The maximum Gasteiger partial charge on any atom is 0.338 e. The van der Waals surface area contributed by atoms with E-state index in [4.69, 9.17) is 11.3 Å². The van der Waals surface area contributed by atoms with Gasteiger partial charge in [-0.2, -0.15) is 0 Å². The van der Waals surface area contributed by atoms with Gasteiger partial charge < -0.3 is 14.9 Å². The molecule has 1 aromatic carbocycles. The Balaban J connectivity index is 2.65. The molecule has 0 aliphatic carbocycles. The molecule has 0 radical (unpaired) electrons. The largest absolute Gasteiger partial charge is 0.462 e. The first-order valence-corrected chi connectivity index (χ1v) is 5.07. The van der Waals surface area contributed by atoms with Crippen molar-refractivity contribution in [2.24, 2.45) is 0 Å². The lowest BCUT2D eigenvalue weighted by Gasteiger charge is -2.04. The van der Waals surface area contributed by atoms with E-state index in [9.17, 15) is 9.59 Å². The molecule has 0 heterocycles. The zero-order chi connectivity index (χ0) is 12.7. The maximum absolute atomic E-state index is 11.3. The van der Waals surface area contributed by atoms with E-state index in [1.165, 1.54) is 0 Å². The van der Waals surface area contributed by atoms with Gasteiger partial charge in [-0.25, -0.2) is 11.4 Å². The molecule has 0 aliphatic rings. The van der Waals surface area contributed by atoms with E-state index in [1.54, 1.807) is 31.2 Å². The number of ether oxygens (including phenoxy) is 1. The summed E-state index contributed by atoms with van der Waals surface area (Å²) in [6, 6.07) is 6.30. The van der Waals surface area contributed by atoms with Gasteiger partial charge in [0.1, 0.15) is 0 Å². The Bertz CT molecular complexity index is 446. The van der Waals surface area contributed by atoms with Crippen molar-refractivity contribution in [1.29, 1.82) is 0 Å². The van der Waals surface area contributed by atoms with Crippen LogP contribution in [0, 0.1) is 6.57 Å². The Morgan fingerprint density at radius 3 is 2.53 bits per heavy atom. The van der Waals surface area contributed by atoms with Crippen LogP contribution >= 0.6 is 0 Å². The smallest absolute Gasteiger partial charge is 0.338 e. The Morgan fingerprint density at radius 1 is 1.35 bits per heavy atom. The first-order valence-electron chi connectivity index (χ1n) is 5.07. The van der Waals surface area contributed by atoms with Crippen LogP contribution in [0.2, 0.25) is 0 Å². The first-order chi connectivity index (χ1) is 8.17. The minimum absolute atomic E-state index is 0.209. The topological polar surface area (TPSA) is 59.8 Å². The Kier molecular flexibility index (Phi) is 4.70. The van der Waals surface area contributed by atoms with Crippen molar-refractivity contribution < 1.29 is 14.3 Å². The summed E-state index contributed by atoms with van der Waals surface area (Å²) in [5, 5.41) is 2.54. The molecule has 0 aromatic heterocycles. The van der Waals surface area contributed by atoms with Crippen molar-refractivity contribution in [3.8, 4) is 0 Å². The van der Waals surface area contributed by atoms with Gasteiger partial charge >= 0.3 is 11.9 Å². The number of hydrogen-bond acceptors (Lipinski definition) is 3. The van der Waals surface area contributed by atoms with Crippen LogP contribution in [-0.2, 0) is 9.53 Å². The normalized spacial score (nSPS) is 9.18. The predicted molar refractivity (Wildman–Crippen MR) is 62.5 cm³/mol. The summed E-state index contributed by atoms with van der Waals surface area (Å²) in [7, 11) is 0. The van der Waals surface area contributed by atoms with Gasteiger partial charge in [0.15, 0.2) is 0 Å². The molecule has 0 fully saturated rings. The summed E-state index contributed by atoms with van der Waals surface area (Å²) in [4.78, 5) is 25.4. The van der Waals surface area contributed by atoms with E-state index in [1.807, 2.05) is 0 Å². The molecule has 1 aromatic rings. The molecule has 0 bridgehead atoms. The number of carbonyl (C=O) groups excluding carboxylic acids is 2. The van der Waals surface area contributed by atoms with Crippen LogP contribution in [0.25, 0.3) is 4.85 Å². The molecule has 88 valence electrons. The lowest BCUT2D eigenvalue weighted by atomic mass is 10.2. The van der Waals surface area contributed by atoms with Gasteiger partial charge in [0.25, 0.3) is 6.54 Å². The average molecular weight is 232 g/mol. The average Bonchev–Trinajstić information content (AvgIpc) is 2.30. The fourth-order valence-electron chi connectivity index (χ4n) is 1.18. The molecule has 1 amide bonds. The lowest BCUT2D eigenvalue weighted by molar-refractivity contribution is -0.114. The lowest BCUT2D eigenvalue weighted by Crippen LogP contribution is -2.13. The quantitative estimate of drug-likeness (QED) is 0.635.